The van der Waals surface area contributed by atoms with Crippen LogP contribution in [0.5, 0.6) is 0 Å². The number of carboxylic acids is 1. The van der Waals surface area contributed by atoms with Gasteiger partial charge in [-0.3, -0.25) is 19.8 Å². The molecule has 0 spiro atoms. The van der Waals surface area contributed by atoms with E-state index in [9.17, 15) is 14.9 Å². The fourth-order valence-corrected chi connectivity index (χ4v) is 2.47. The maximum absolute atomic E-state index is 10.9. The molecule has 1 N–H and O–H groups in total. The summed E-state index contributed by atoms with van der Waals surface area (Å²) < 4.78 is 0. The van der Waals surface area contributed by atoms with Crippen LogP contribution in [-0.2, 0) is 11.3 Å². The molecule has 1 unspecified atom stereocenters. The smallest absolute Gasteiger partial charge is 0.307 e. The minimum absolute atomic E-state index is 0. The molecule has 6 nitrogen and oxygen atoms in total. The van der Waals surface area contributed by atoms with Gasteiger partial charge in [-0.05, 0) is 25.1 Å². The second kappa shape index (κ2) is 6.88. The number of likely N-dealkylation sites (tertiary alicyclic amines) is 1. The maximum atomic E-state index is 10.9. The maximum Gasteiger partial charge on any atom is 0.307 e. The van der Waals surface area contributed by atoms with Crippen LogP contribution in [0.15, 0.2) is 18.2 Å². The zero-order valence-corrected chi connectivity index (χ0v) is 12.1. The molecule has 1 aromatic carbocycles. The van der Waals surface area contributed by atoms with Gasteiger partial charge in [0.25, 0.3) is 5.69 Å². The van der Waals surface area contributed by atoms with Gasteiger partial charge in [-0.15, -0.1) is 12.4 Å². The lowest BCUT2D eigenvalue weighted by molar-refractivity contribution is -0.385. The topological polar surface area (TPSA) is 83.7 Å². The van der Waals surface area contributed by atoms with Gasteiger partial charge in [0, 0.05) is 29.7 Å². The molecule has 1 saturated heterocycles. The third-order valence-corrected chi connectivity index (χ3v) is 3.49. The minimum Gasteiger partial charge on any atom is -0.481 e. The SMILES string of the molecule is Cl.O=C(O)C1CCN(Cc2cc(Cl)ccc2[N+](=O)[O-])C1. The molecule has 0 aromatic heterocycles. The first-order valence-corrected chi connectivity index (χ1v) is 6.23. The molecule has 0 radical (unpaired) electrons. The Labute approximate surface area is 126 Å². The quantitative estimate of drug-likeness (QED) is 0.681. The lowest BCUT2D eigenvalue weighted by Crippen LogP contribution is -2.23. The molecule has 0 saturated carbocycles. The highest BCUT2D eigenvalue weighted by atomic mass is 35.5. The van der Waals surface area contributed by atoms with Crippen LogP contribution in [0.4, 0.5) is 5.69 Å². The van der Waals surface area contributed by atoms with Crippen molar-refractivity contribution in [3.63, 3.8) is 0 Å². The molecule has 0 amide bonds. The fourth-order valence-electron chi connectivity index (χ4n) is 2.28. The second-order valence-corrected chi connectivity index (χ2v) is 5.03. The number of nitro groups is 1. The summed E-state index contributed by atoms with van der Waals surface area (Å²) in [5.41, 5.74) is 0.534. The fraction of sp³-hybridized carbons (Fsp3) is 0.417. The first kappa shape index (κ1) is 16.7. The molecule has 20 heavy (non-hydrogen) atoms. The van der Waals surface area contributed by atoms with Gasteiger partial charge in [-0.25, -0.2) is 0 Å². The summed E-state index contributed by atoms with van der Waals surface area (Å²) >= 11 is 5.85. The number of halogens is 2. The van der Waals surface area contributed by atoms with Crippen molar-refractivity contribution in [3.05, 3.63) is 38.9 Å². The number of hydrogen-bond acceptors (Lipinski definition) is 4. The predicted molar refractivity (Wildman–Crippen MR) is 76.4 cm³/mol. The molecule has 1 heterocycles. The standard InChI is InChI=1S/C12H13ClN2O4.ClH/c13-10-1-2-11(15(18)19)9(5-10)7-14-4-3-8(6-14)12(16)17;/h1-2,5,8H,3-4,6-7H2,(H,16,17);1H. The molecule has 8 heteroatoms. The number of nitro benzene ring substituents is 1. The van der Waals surface area contributed by atoms with Gasteiger partial charge >= 0.3 is 5.97 Å². The highest BCUT2D eigenvalue weighted by Crippen LogP contribution is 2.26. The largest absolute Gasteiger partial charge is 0.481 e. The van der Waals surface area contributed by atoms with Gasteiger partial charge in [0.1, 0.15) is 0 Å². The Hall–Kier alpha value is -1.37. The number of carbonyl (C=O) groups is 1. The van der Waals surface area contributed by atoms with Crippen molar-refractivity contribution in [3.8, 4) is 0 Å². The highest BCUT2D eigenvalue weighted by molar-refractivity contribution is 6.30. The Bertz CT molecular complexity index is 524. The average molecular weight is 321 g/mol. The predicted octanol–water partition coefficient (Wildman–Crippen LogP) is 2.58. The lowest BCUT2D eigenvalue weighted by atomic mass is 10.1. The van der Waals surface area contributed by atoms with Gasteiger partial charge in [0.2, 0.25) is 0 Å². The van der Waals surface area contributed by atoms with Crippen molar-refractivity contribution in [2.75, 3.05) is 13.1 Å². The van der Waals surface area contributed by atoms with Gasteiger partial charge in [-0.2, -0.15) is 0 Å². The Kier molecular flexibility index (Phi) is 5.74. The number of hydrogen-bond donors (Lipinski definition) is 1. The monoisotopic (exact) mass is 320 g/mol. The summed E-state index contributed by atoms with van der Waals surface area (Å²) in [7, 11) is 0. The molecule has 0 bridgehead atoms. The highest BCUT2D eigenvalue weighted by Gasteiger charge is 2.29. The van der Waals surface area contributed by atoms with E-state index in [0.29, 0.717) is 36.6 Å². The van der Waals surface area contributed by atoms with E-state index in [1.807, 2.05) is 4.90 Å². The summed E-state index contributed by atoms with van der Waals surface area (Å²) in [5.74, 6) is -1.21. The first-order valence-electron chi connectivity index (χ1n) is 5.85. The van der Waals surface area contributed by atoms with Crippen LogP contribution in [0.1, 0.15) is 12.0 Å². The molecule has 1 aromatic rings. The van der Waals surface area contributed by atoms with Gasteiger partial charge in [-0.1, -0.05) is 11.6 Å². The van der Waals surface area contributed by atoms with Crippen molar-refractivity contribution < 1.29 is 14.8 Å². The van der Waals surface area contributed by atoms with Crippen molar-refractivity contribution in [1.82, 2.24) is 4.90 Å². The number of rotatable bonds is 4. The van der Waals surface area contributed by atoms with E-state index < -0.39 is 16.8 Å². The molecule has 2 rings (SSSR count). The van der Waals surface area contributed by atoms with Crippen LogP contribution in [0.3, 0.4) is 0 Å². The zero-order valence-electron chi connectivity index (χ0n) is 10.5. The Balaban J connectivity index is 0.00000200. The molecule has 110 valence electrons. The molecule has 1 fully saturated rings. The zero-order chi connectivity index (χ0) is 14.0. The third-order valence-electron chi connectivity index (χ3n) is 3.25. The van der Waals surface area contributed by atoms with E-state index in [-0.39, 0.29) is 18.1 Å². The van der Waals surface area contributed by atoms with Crippen LogP contribution in [0.2, 0.25) is 5.02 Å². The Morgan fingerprint density at radius 1 is 1.55 bits per heavy atom. The average Bonchev–Trinajstić information content (AvgIpc) is 2.77. The summed E-state index contributed by atoms with van der Waals surface area (Å²) in [6.45, 7) is 1.39. The molecule has 1 aliphatic rings. The second-order valence-electron chi connectivity index (χ2n) is 4.59. The van der Waals surface area contributed by atoms with E-state index in [1.54, 1.807) is 6.07 Å². The number of aliphatic carboxylic acids is 1. The van der Waals surface area contributed by atoms with E-state index in [1.165, 1.54) is 12.1 Å². The molecular weight excluding hydrogens is 307 g/mol. The lowest BCUT2D eigenvalue weighted by Gasteiger charge is -2.15. The Morgan fingerprint density at radius 3 is 2.80 bits per heavy atom. The first-order chi connectivity index (χ1) is 8.97. The van der Waals surface area contributed by atoms with Crippen molar-refractivity contribution in [2.45, 2.75) is 13.0 Å². The summed E-state index contributed by atoms with van der Waals surface area (Å²) in [6.07, 6.45) is 0.573. The van der Waals surface area contributed by atoms with E-state index >= 15 is 0 Å². The van der Waals surface area contributed by atoms with Crippen LogP contribution in [-0.4, -0.2) is 34.0 Å². The van der Waals surface area contributed by atoms with Gasteiger partial charge in [0.05, 0.1) is 10.8 Å². The summed E-state index contributed by atoms with van der Waals surface area (Å²) in [4.78, 5) is 23.3. The van der Waals surface area contributed by atoms with Crippen molar-refractivity contribution in [1.29, 1.82) is 0 Å². The van der Waals surface area contributed by atoms with Gasteiger partial charge in [0.15, 0.2) is 0 Å². The number of benzene rings is 1. The van der Waals surface area contributed by atoms with Crippen LogP contribution < -0.4 is 0 Å². The van der Waals surface area contributed by atoms with E-state index in [4.69, 9.17) is 16.7 Å². The van der Waals surface area contributed by atoms with E-state index in [0.717, 1.165) is 0 Å². The Morgan fingerprint density at radius 2 is 2.25 bits per heavy atom. The van der Waals surface area contributed by atoms with Crippen LogP contribution >= 0.6 is 24.0 Å². The van der Waals surface area contributed by atoms with Crippen molar-refractivity contribution in [2.24, 2.45) is 5.92 Å². The molecule has 1 aliphatic heterocycles. The van der Waals surface area contributed by atoms with Gasteiger partial charge < -0.3 is 5.11 Å². The van der Waals surface area contributed by atoms with Crippen LogP contribution in [0, 0.1) is 16.0 Å². The van der Waals surface area contributed by atoms with E-state index in [2.05, 4.69) is 0 Å². The van der Waals surface area contributed by atoms with Crippen molar-refractivity contribution >= 4 is 35.7 Å². The molecule has 0 aliphatic carbocycles. The normalized spacial score (nSPS) is 18.6. The molecule has 1 atom stereocenters. The number of carboxylic acid groups (broad SMARTS) is 1. The number of nitrogens with zero attached hydrogens (tertiary/aromatic N) is 2. The summed E-state index contributed by atoms with van der Waals surface area (Å²) in [6, 6.07) is 4.42. The van der Waals surface area contributed by atoms with Crippen LogP contribution in [0.25, 0.3) is 0 Å². The summed E-state index contributed by atoms with van der Waals surface area (Å²) in [5, 5.41) is 20.3. The molecular formula is C12H14Cl2N2O4. The third kappa shape index (κ3) is 3.82. The minimum atomic E-state index is -0.817.